The Kier molecular flexibility index (Phi) is 6.80. The highest BCUT2D eigenvalue weighted by atomic mass is 32.2. The van der Waals surface area contributed by atoms with Crippen LogP contribution in [0.4, 0.5) is 4.39 Å². The average Bonchev–Trinajstić information content (AvgIpc) is 2.62. The first kappa shape index (κ1) is 21.1. The molecule has 0 fully saturated rings. The van der Waals surface area contributed by atoms with E-state index in [0.29, 0.717) is 5.75 Å². The predicted molar refractivity (Wildman–Crippen MR) is 100 cm³/mol. The van der Waals surface area contributed by atoms with Gasteiger partial charge in [0.15, 0.2) is 11.6 Å². The largest absolute Gasteiger partial charge is 0.497 e. The Morgan fingerprint density at radius 2 is 1.85 bits per heavy atom. The molecule has 1 unspecified atom stereocenters. The number of methoxy groups -OCH3 is 1. The Labute approximate surface area is 159 Å². The fourth-order valence-electron chi connectivity index (χ4n) is 2.50. The van der Waals surface area contributed by atoms with E-state index in [0.717, 1.165) is 11.6 Å². The second-order valence-electron chi connectivity index (χ2n) is 6.37. The quantitative estimate of drug-likeness (QED) is 0.679. The second-order valence-corrected chi connectivity index (χ2v) is 8.14. The molecule has 27 heavy (non-hydrogen) atoms. The van der Waals surface area contributed by atoms with E-state index in [4.69, 9.17) is 9.47 Å². The number of sulfonamides is 1. The zero-order chi connectivity index (χ0) is 20.1. The van der Waals surface area contributed by atoms with E-state index in [9.17, 15) is 17.9 Å². The van der Waals surface area contributed by atoms with E-state index >= 15 is 0 Å². The van der Waals surface area contributed by atoms with Gasteiger partial charge in [0.25, 0.3) is 0 Å². The van der Waals surface area contributed by atoms with Gasteiger partial charge in [0.2, 0.25) is 10.0 Å². The van der Waals surface area contributed by atoms with Crippen molar-refractivity contribution in [1.29, 1.82) is 0 Å². The van der Waals surface area contributed by atoms with Crippen molar-refractivity contribution < 1.29 is 27.4 Å². The first-order valence-electron chi connectivity index (χ1n) is 8.44. The Hall–Kier alpha value is -2.16. The lowest BCUT2D eigenvalue weighted by Gasteiger charge is -2.24. The number of hydrogen-bond donors (Lipinski definition) is 2. The van der Waals surface area contributed by atoms with Crippen LogP contribution in [0.25, 0.3) is 0 Å². The van der Waals surface area contributed by atoms with Gasteiger partial charge in [-0.25, -0.2) is 17.5 Å². The smallest absolute Gasteiger partial charge is 0.240 e. The van der Waals surface area contributed by atoms with Crippen molar-refractivity contribution in [1.82, 2.24) is 4.72 Å². The van der Waals surface area contributed by atoms with Crippen molar-refractivity contribution >= 4 is 10.0 Å². The van der Waals surface area contributed by atoms with Crippen molar-refractivity contribution in [2.75, 3.05) is 20.3 Å². The van der Waals surface area contributed by atoms with E-state index in [-0.39, 0.29) is 30.2 Å². The second kappa shape index (κ2) is 8.69. The number of halogens is 1. The van der Waals surface area contributed by atoms with Crippen molar-refractivity contribution in [3.63, 3.8) is 0 Å². The molecular formula is C19H24FNO5S. The average molecular weight is 397 g/mol. The summed E-state index contributed by atoms with van der Waals surface area (Å²) in [4.78, 5) is -0.233. The van der Waals surface area contributed by atoms with Gasteiger partial charge in [0.1, 0.15) is 5.75 Å². The van der Waals surface area contributed by atoms with Gasteiger partial charge < -0.3 is 14.6 Å². The Bertz CT molecular complexity index is 866. The van der Waals surface area contributed by atoms with Crippen LogP contribution in [-0.4, -0.2) is 39.4 Å². The number of ether oxygens (including phenoxy) is 2. The van der Waals surface area contributed by atoms with Gasteiger partial charge in [-0.15, -0.1) is 0 Å². The molecule has 0 saturated heterocycles. The lowest BCUT2D eigenvalue weighted by Crippen LogP contribution is -2.42. The van der Waals surface area contributed by atoms with Gasteiger partial charge >= 0.3 is 0 Å². The summed E-state index contributed by atoms with van der Waals surface area (Å²) in [6.07, 6.45) is 0.233. The SMILES string of the molecule is CCOc1ccc(S(=O)(=O)NCC(C)(O)Cc2ccc(OC)cc2)cc1F. The lowest BCUT2D eigenvalue weighted by atomic mass is 9.97. The zero-order valence-corrected chi connectivity index (χ0v) is 16.3. The van der Waals surface area contributed by atoms with Gasteiger partial charge in [-0.1, -0.05) is 12.1 Å². The van der Waals surface area contributed by atoms with Crippen LogP contribution in [0, 0.1) is 5.82 Å². The molecule has 2 rings (SSSR count). The molecule has 2 aromatic carbocycles. The maximum atomic E-state index is 13.9. The lowest BCUT2D eigenvalue weighted by molar-refractivity contribution is 0.0657. The van der Waals surface area contributed by atoms with E-state index in [1.54, 1.807) is 38.3 Å². The normalized spacial score (nSPS) is 13.8. The van der Waals surface area contributed by atoms with Gasteiger partial charge in [-0.05, 0) is 49.7 Å². The molecule has 0 aliphatic rings. The Balaban J connectivity index is 2.05. The predicted octanol–water partition coefficient (Wildman–Crippen LogP) is 2.51. The first-order valence-corrected chi connectivity index (χ1v) is 9.92. The van der Waals surface area contributed by atoms with E-state index in [2.05, 4.69) is 4.72 Å². The van der Waals surface area contributed by atoms with Gasteiger partial charge in [-0.2, -0.15) is 0 Å². The van der Waals surface area contributed by atoms with Crippen LogP contribution in [0.3, 0.4) is 0 Å². The molecule has 0 heterocycles. The zero-order valence-electron chi connectivity index (χ0n) is 15.5. The summed E-state index contributed by atoms with van der Waals surface area (Å²) in [5, 5.41) is 10.5. The number of hydrogen-bond acceptors (Lipinski definition) is 5. The summed E-state index contributed by atoms with van der Waals surface area (Å²) in [5.74, 6) is -0.0794. The van der Waals surface area contributed by atoms with Crippen molar-refractivity contribution in [3.05, 3.63) is 53.8 Å². The van der Waals surface area contributed by atoms with Crippen LogP contribution in [0.5, 0.6) is 11.5 Å². The van der Waals surface area contributed by atoms with Gasteiger partial charge in [-0.3, -0.25) is 0 Å². The highest BCUT2D eigenvalue weighted by Crippen LogP contribution is 2.22. The molecular weight excluding hydrogens is 373 g/mol. The molecule has 0 spiro atoms. The van der Waals surface area contributed by atoms with E-state index in [1.165, 1.54) is 19.1 Å². The molecule has 0 saturated carbocycles. The minimum absolute atomic E-state index is 0.0112. The highest BCUT2D eigenvalue weighted by molar-refractivity contribution is 7.89. The number of rotatable bonds is 9. The topological polar surface area (TPSA) is 84.9 Å². The summed E-state index contributed by atoms with van der Waals surface area (Å²) in [5.41, 5.74) is -0.502. The van der Waals surface area contributed by atoms with Crippen LogP contribution in [-0.2, 0) is 16.4 Å². The first-order chi connectivity index (χ1) is 12.7. The molecule has 0 bridgehead atoms. The van der Waals surface area contributed by atoms with Crippen LogP contribution < -0.4 is 14.2 Å². The third kappa shape index (κ3) is 5.92. The number of nitrogens with one attached hydrogen (secondary N) is 1. The summed E-state index contributed by atoms with van der Waals surface area (Å²) >= 11 is 0. The minimum atomic E-state index is -3.98. The number of aliphatic hydroxyl groups is 1. The fraction of sp³-hybridized carbons (Fsp3) is 0.368. The molecule has 0 amide bonds. The Morgan fingerprint density at radius 1 is 1.19 bits per heavy atom. The van der Waals surface area contributed by atoms with E-state index < -0.39 is 21.4 Å². The van der Waals surface area contributed by atoms with Crippen LogP contribution in [0.15, 0.2) is 47.4 Å². The Morgan fingerprint density at radius 3 is 2.41 bits per heavy atom. The summed E-state index contributed by atoms with van der Waals surface area (Å²) in [6, 6.07) is 10.5. The molecule has 0 aliphatic heterocycles. The van der Waals surface area contributed by atoms with Crippen LogP contribution >= 0.6 is 0 Å². The molecule has 148 valence electrons. The molecule has 0 aromatic heterocycles. The van der Waals surface area contributed by atoms with Crippen molar-refractivity contribution in [3.8, 4) is 11.5 Å². The maximum absolute atomic E-state index is 13.9. The van der Waals surface area contributed by atoms with E-state index in [1.807, 2.05) is 0 Å². The molecule has 0 radical (unpaired) electrons. The highest BCUT2D eigenvalue weighted by Gasteiger charge is 2.25. The molecule has 8 heteroatoms. The molecule has 6 nitrogen and oxygen atoms in total. The van der Waals surface area contributed by atoms with Crippen molar-refractivity contribution in [2.24, 2.45) is 0 Å². The fourth-order valence-corrected chi connectivity index (χ4v) is 3.67. The van der Waals surface area contributed by atoms with Crippen molar-refractivity contribution in [2.45, 2.75) is 30.8 Å². The molecule has 2 aromatic rings. The summed E-state index contributed by atoms with van der Waals surface area (Å²) in [6.45, 7) is 3.28. The summed E-state index contributed by atoms with van der Waals surface area (Å²) < 4.78 is 51.2. The van der Waals surface area contributed by atoms with Crippen LogP contribution in [0.1, 0.15) is 19.4 Å². The minimum Gasteiger partial charge on any atom is -0.497 e. The molecule has 1 atom stereocenters. The molecule has 0 aliphatic carbocycles. The third-order valence-corrected chi connectivity index (χ3v) is 5.30. The monoisotopic (exact) mass is 397 g/mol. The summed E-state index contributed by atoms with van der Waals surface area (Å²) in [7, 11) is -2.42. The third-order valence-electron chi connectivity index (χ3n) is 3.90. The number of benzene rings is 2. The van der Waals surface area contributed by atoms with Crippen LogP contribution in [0.2, 0.25) is 0 Å². The molecule has 2 N–H and O–H groups in total. The standard InChI is InChI=1S/C19H24FNO5S/c1-4-26-18-10-9-16(11-17(18)20)27(23,24)21-13-19(2,22)12-14-5-7-15(25-3)8-6-14/h5-11,21-22H,4,12-13H2,1-3H3. The van der Waals surface area contributed by atoms with Gasteiger partial charge in [0.05, 0.1) is 24.2 Å². The maximum Gasteiger partial charge on any atom is 0.240 e. The van der Waals surface area contributed by atoms with Gasteiger partial charge in [0, 0.05) is 13.0 Å².